The number of benzene rings is 1. The number of hydrogen-bond donors (Lipinski definition) is 1. The number of carbonyl (C=O) groups is 1. The number of ketones is 1. The molecule has 0 radical (unpaired) electrons. The van der Waals surface area contributed by atoms with Crippen LogP contribution in [0.5, 0.6) is 5.88 Å². The van der Waals surface area contributed by atoms with Crippen molar-refractivity contribution in [3.8, 4) is 5.88 Å². The predicted molar refractivity (Wildman–Crippen MR) is 88.6 cm³/mol. The van der Waals surface area contributed by atoms with Crippen LogP contribution in [0.15, 0.2) is 41.3 Å². The van der Waals surface area contributed by atoms with Crippen LogP contribution in [0.1, 0.15) is 21.6 Å². The number of ether oxygens (including phenoxy) is 1. The van der Waals surface area contributed by atoms with E-state index in [2.05, 4.69) is 4.98 Å². The first-order valence-corrected chi connectivity index (χ1v) is 7.70. The van der Waals surface area contributed by atoms with Gasteiger partial charge < -0.3 is 4.74 Å². The maximum atomic E-state index is 12.5. The fraction of sp³-hybridized carbons (Fsp3) is 0.250. The molecular formula is C16H19N3O3S. The number of aryl methyl sites for hydroxylation is 1. The lowest BCUT2D eigenvalue weighted by atomic mass is 10.1. The number of hydrogen-bond acceptors (Lipinski definition) is 7. The molecule has 7 heteroatoms. The smallest absolute Gasteiger partial charge is 0.216 e. The first-order chi connectivity index (χ1) is 10.9. The zero-order valence-electron chi connectivity index (χ0n) is 13.5. The molecular weight excluding hydrogens is 314 g/mol. The molecule has 1 aromatic heterocycles. The van der Waals surface area contributed by atoms with Crippen molar-refractivity contribution in [3.05, 3.63) is 53.2 Å². The van der Waals surface area contributed by atoms with Crippen molar-refractivity contribution in [2.24, 2.45) is 0 Å². The van der Waals surface area contributed by atoms with Crippen molar-refractivity contribution in [2.45, 2.75) is 11.8 Å². The molecule has 2 rings (SSSR count). The van der Waals surface area contributed by atoms with Crippen molar-refractivity contribution < 1.29 is 14.7 Å². The molecule has 1 N–H and O–H groups in total. The lowest BCUT2D eigenvalue weighted by molar-refractivity contribution is -0.129. The monoisotopic (exact) mass is 333 g/mol. The van der Waals surface area contributed by atoms with Crippen LogP contribution in [-0.4, -0.2) is 46.8 Å². The average Bonchev–Trinajstić information content (AvgIpc) is 2.55. The van der Waals surface area contributed by atoms with Gasteiger partial charge in [0, 0.05) is 42.1 Å². The van der Waals surface area contributed by atoms with E-state index in [1.807, 2.05) is 13.0 Å². The lowest BCUT2D eigenvalue weighted by Gasteiger charge is -2.19. The second-order valence-corrected chi connectivity index (χ2v) is 6.05. The molecule has 0 aliphatic rings. The summed E-state index contributed by atoms with van der Waals surface area (Å²) in [6.45, 7) is 1.87. The summed E-state index contributed by atoms with van der Waals surface area (Å²) in [7, 11) is 4.98. The minimum absolute atomic E-state index is 0.173. The van der Waals surface area contributed by atoms with E-state index in [0.717, 1.165) is 27.0 Å². The molecule has 2 aromatic rings. The summed E-state index contributed by atoms with van der Waals surface area (Å²) in [5, 5.41) is 11.2. The fourth-order valence-electron chi connectivity index (χ4n) is 1.83. The van der Waals surface area contributed by atoms with Gasteiger partial charge in [-0.25, -0.2) is 9.99 Å². The first-order valence-electron chi connectivity index (χ1n) is 6.93. The topological polar surface area (TPSA) is 65.9 Å². The summed E-state index contributed by atoms with van der Waals surface area (Å²) in [5.74, 6) is 0.276. The molecule has 0 amide bonds. The van der Waals surface area contributed by atoms with Gasteiger partial charge in [0.25, 0.3) is 0 Å². The molecule has 0 aliphatic carbocycles. The Hall–Kier alpha value is -1.93. The van der Waals surface area contributed by atoms with Crippen LogP contribution in [0.4, 0.5) is 0 Å². The quantitative estimate of drug-likeness (QED) is 0.495. The normalized spacial score (nSPS) is 11.1. The summed E-state index contributed by atoms with van der Waals surface area (Å²) >= 11 is 1.14. The van der Waals surface area contributed by atoms with E-state index in [4.69, 9.17) is 4.74 Å². The Labute approximate surface area is 139 Å². The Bertz CT molecular complexity index is 689. The van der Waals surface area contributed by atoms with Crippen LogP contribution in [0, 0.1) is 6.92 Å². The van der Waals surface area contributed by atoms with Gasteiger partial charge in [-0.3, -0.25) is 10.0 Å². The Morgan fingerprint density at radius 3 is 2.39 bits per heavy atom. The minimum atomic E-state index is -0.173. The largest absolute Gasteiger partial charge is 0.481 e. The van der Waals surface area contributed by atoms with Crippen LogP contribution >= 0.6 is 11.9 Å². The highest BCUT2D eigenvalue weighted by molar-refractivity contribution is 7.96. The lowest BCUT2D eigenvalue weighted by Crippen LogP contribution is -2.27. The van der Waals surface area contributed by atoms with Crippen molar-refractivity contribution in [3.63, 3.8) is 0 Å². The van der Waals surface area contributed by atoms with Gasteiger partial charge in [-0.05, 0) is 37.3 Å². The van der Waals surface area contributed by atoms with E-state index >= 15 is 0 Å². The molecule has 0 spiro atoms. The standard InChI is InChI=1S/C16H19N3O3S/c1-11-5-10-14(17-16(11)22-4)15(20)12-6-8-13(9-7-12)23-19(21)18(2)3/h5-10,21H,1-4H3. The highest BCUT2D eigenvalue weighted by atomic mass is 32.2. The molecule has 1 aromatic carbocycles. The summed E-state index contributed by atoms with van der Waals surface area (Å²) in [5.41, 5.74) is 1.74. The molecule has 0 fully saturated rings. The maximum Gasteiger partial charge on any atom is 0.216 e. The second kappa shape index (κ2) is 7.56. The number of methoxy groups -OCH3 is 1. The zero-order chi connectivity index (χ0) is 17.0. The summed E-state index contributed by atoms with van der Waals surface area (Å²) in [6, 6.07) is 10.5. The van der Waals surface area contributed by atoms with Gasteiger partial charge in [-0.1, -0.05) is 10.6 Å². The van der Waals surface area contributed by atoms with Crippen molar-refractivity contribution in [1.29, 1.82) is 0 Å². The van der Waals surface area contributed by atoms with Gasteiger partial charge in [-0.15, -0.1) is 0 Å². The van der Waals surface area contributed by atoms with Crippen LogP contribution in [0.3, 0.4) is 0 Å². The van der Waals surface area contributed by atoms with E-state index in [1.54, 1.807) is 44.4 Å². The molecule has 0 saturated carbocycles. The SMILES string of the molecule is COc1nc(C(=O)c2ccc(SN(O)N(C)C)cc2)ccc1C. The molecule has 122 valence electrons. The molecule has 0 unspecified atom stereocenters. The van der Waals surface area contributed by atoms with Crippen LogP contribution in [-0.2, 0) is 0 Å². The Morgan fingerprint density at radius 1 is 1.17 bits per heavy atom. The molecule has 0 saturated heterocycles. The molecule has 6 nitrogen and oxygen atoms in total. The average molecular weight is 333 g/mol. The highest BCUT2D eigenvalue weighted by Gasteiger charge is 2.13. The Morgan fingerprint density at radius 2 is 1.83 bits per heavy atom. The third-order valence-electron chi connectivity index (χ3n) is 3.12. The van der Waals surface area contributed by atoms with Gasteiger partial charge in [0.2, 0.25) is 11.7 Å². The van der Waals surface area contributed by atoms with E-state index < -0.39 is 0 Å². The number of nitrogens with zero attached hydrogens (tertiary/aromatic N) is 3. The molecule has 1 heterocycles. The van der Waals surface area contributed by atoms with Crippen LogP contribution in [0.2, 0.25) is 0 Å². The minimum Gasteiger partial charge on any atom is -0.481 e. The van der Waals surface area contributed by atoms with Crippen molar-refractivity contribution in [1.82, 2.24) is 14.6 Å². The van der Waals surface area contributed by atoms with Gasteiger partial charge in [0.15, 0.2) is 0 Å². The van der Waals surface area contributed by atoms with Gasteiger partial charge in [0.05, 0.1) is 7.11 Å². The Kier molecular flexibility index (Phi) is 5.73. The number of rotatable bonds is 6. The molecule has 0 aliphatic heterocycles. The fourth-order valence-corrected chi connectivity index (χ4v) is 2.44. The number of pyridine rings is 1. The van der Waals surface area contributed by atoms with E-state index in [0.29, 0.717) is 17.1 Å². The zero-order valence-corrected chi connectivity index (χ0v) is 14.3. The van der Waals surface area contributed by atoms with E-state index in [9.17, 15) is 10.0 Å². The van der Waals surface area contributed by atoms with E-state index in [1.165, 1.54) is 12.1 Å². The van der Waals surface area contributed by atoms with Crippen molar-refractivity contribution in [2.75, 3.05) is 21.2 Å². The summed E-state index contributed by atoms with van der Waals surface area (Å²) in [4.78, 5) is 17.5. The molecule has 0 bridgehead atoms. The maximum absolute atomic E-state index is 12.5. The summed E-state index contributed by atoms with van der Waals surface area (Å²) < 4.78 is 6.16. The van der Waals surface area contributed by atoms with Crippen LogP contribution < -0.4 is 4.74 Å². The van der Waals surface area contributed by atoms with Gasteiger partial charge in [-0.2, -0.15) is 0 Å². The number of carbonyl (C=O) groups excluding carboxylic acids is 1. The molecule has 0 atom stereocenters. The van der Waals surface area contributed by atoms with Gasteiger partial charge >= 0.3 is 0 Å². The third kappa shape index (κ3) is 4.29. The highest BCUT2D eigenvalue weighted by Crippen LogP contribution is 2.23. The third-order valence-corrected chi connectivity index (χ3v) is 4.10. The first kappa shape index (κ1) is 17.4. The predicted octanol–water partition coefficient (Wildman–Crippen LogP) is 2.80. The summed E-state index contributed by atoms with van der Waals surface area (Å²) in [6.07, 6.45) is 0. The molecule has 23 heavy (non-hydrogen) atoms. The van der Waals surface area contributed by atoms with Crippen molar-refractivity contribution >= 4 is 17.7 Å². The second-order valence-electron chi connectivity index (χ2n) is 5.07. The van der Waals surface area contributed by atoms with Gasteiger partial charge in [0.1, 0.15) is 5.69 Å². The Balaban J connectivity index is 2.17. The number of aromatic nitrogens is 1. The number of hydrazine groups is 1. The van der Waals surface area contributed by atoms with E-state index in [-0.39, 0.29) is 5.78 Å². The van der Waals surface area contributed by atoms with Crippen LogP contribution in [0.25, 0.3) is 0 Å².